The maximum atomic E-state index is 12.2. The highest BCUT2D eigenvalue weighted by Gasteiger charge is 2.11. The molecular weight excluding hydrogens is 232 g/mol. The van der Waals surface area contributed by atoms with E-state index in [9.17, 15) is 9.59 Å². The predicted octanol–water partition coefficient (Wildman–Crippen LogP) is 2.51. The van der Waals surface area contributed by atoms with Crippen molar-refractivity contribution in [2.45, 2.75) is 26.2 Å². The van der Waals surface area contributed by atoms with Gasteiger partial charge >= 0.3 is 5.97 Å². The number of carboxylic acid groups (broad SMARTS) is 1. The lowest BCUT2D eigenvalue weighted by atomic mass is 10.0. The van der Waals surface area contributed by atoms with Crippen molar-refractivity contribution >= 4 is 16.9 Å². The van der Waals surface area contributed by atoms with Crippen LogP contribution in [0.5, 0.6) is 0 Å². The van der Waals surface area contributed by atoms with E-state index in [2.05, 4.69) is 0 Å². The van der Waals surface area contributed by atoms with Crippen molar-refractivity contribution in [1.82, 2.24) is 0 Å². The van der Waals surface area contributed by atoms with Gasteiger partial charge in [-0.1, -0.05) is 12.1 Å². The van der Waals surface area contributed by atoms with Crippen LogP contribution in [0.3, 0.4) is 0 Å². The summed E-state index contributed by atoms with van der Waals surface area (Å²) in [5.74, 6) is -0.276. The first-order valence-corrected chi connectivity index (χ1v) is 5.82. The number of aliphatic carboxylic acids is 1. The van der Waals surface area contributed by atoms with E-state index in [1.165, 1.54) is 0 Å². The molecule has 94 valence electrons. The van der Waals surface area contributed by atoms with Crippen LogP contribution in [0.25, 0.3) is 11.0 Å². The van der Waals surface area contributed by atoms with Crippen LogP contribution in [-0.2, 0) is 11.2 Å². The zero-order valence-corrected chi connectivity index (χ0v) is 10.1. The maximum absolute atomic E-state index is 12.2. The molecule has 1 aromatic carbocycles. The molecule has 0 aliphatic heterocycles. The van der Waals surface area contributed by atoms with Crippen molar-refractivity contribution in [2.24, 2.45) is 0 Å². The summed E-state index contributed by atoms with van der Waals surface area (Å²) in [6, 6.07) is 7.08. The highest BCUT2D eigenvalue weighted by atomic mass is 16.4. The normalized spacial score (nSPS) is 10.7. The third-order valence-electron chi connectivity index (χ3n) is 2.91. The molecule has 0 fully saturated rings. The van der Waals surface area contributed by atoms with Crippen LogP contribution in [0.2, 0.25) is 0 Å². The minimum Gasteiger partial charge on any atom is -0.481 e. The molecule has 4 nitrogen and oxygen atoms in total. The van der Waals surface area contributed by atoms with Gasteiger partial charge in [-0.3, -0.25) is 9.59 Å². The van der Waals surface area contributed by atoms with E-state index >= 15 is 0 Å². The Kier molecular flexibility index (Phi) is 3.46. The van der Waals surface area contributed by atoms with Gasteiger partial charge < -0.3 is 9.52 Å². The lowest BCUT2D eigenvalue weighted by molar-refractivity contribution is -0.137. The molecule has 0 saturated heterocycles. The molecule has 0 aliphatic rings. The quantitative estimate of drug-likeness (QED) is 0.900. The lowest BCUT2D eigenvalue weighted by Crippen LogP contribution is -2.12. The fourth-order valence-electron chi connectivity index (χ4n) is 2.00. The molecule has 0 saturated carbocycles. The summed E-state index contributed by atoms with van der Waals surface area (Å²) in [7, 11) is 0. The van der Waals surface area contributed by atoms with E-state index in [4.69, 9.17) is 9.52 Å². The number of carboxylic acids is 1. The Hall–Kier alpha value is -2.10. The third-order valence-corrected chi connectivity index (χ3v) is 2.91. The van der Waals surface area contributed by atoms with Crippen molar-refractivity contribution in [3.05, 3.63) is 45.8 Å². The summed E-state index contributed by atoms with van der Waals surface area (Å²) >= 11 is 0. The second-order valence-electron chi connectivity index (χ2n) is 4.21. The number of hydrogen-bond acceptors (Lipinski definition) is 3. The van der Waals surface area contributed by atoms with Crippen LogP contribution >= 0.6 is 0 Å². The summed E-state index contributed by atoms with van der Waals surface area (Å²) in [5.41, 5.74) is 1.09. The van der Waals surface area contributed by atoms with Gasteiger partial charge in [-0.05, 0) is 31.9 Å². The Morgan fingerprint density at radius 3 is 2.78 bits per heavy atom. The van der Waals surface area contributed by atoms with E-state index in [1.54, 1.807) is 25.1 Å². The van der Waals surface area contributed by atoms with E-state index in [0.29, 0.717) is 35.1 Å². The molecule has 0 aliphatic carbocycles. The van der Waals surface area contributed by atoms with E-state index in [-0.39, 0.29) is 11.8 Å². The second kappa shape index (κ2) is 5.04. The summed E-state index contributed by atoms with van der Waals surface area (Å²) in [5, 5.41) is 9.15. The standard InChI is InChI=1S/C14H14O4/c1-9-10(6-4-8-13(15)16)14(17)11-5-2-3-7-12(11)18-9/h2-3,5,7H,4,6,8H2,1H3,(H,15,16). The van der Waals surface area contributed by atoms with Crippen LogP contribution in [-0.4, -0.2) is 11.1 Å². The smallest absolute Gasteiger partial charge is 0.303 e. The van der Waals surface area contributed by atoms with Gasteiger partial charge in [-0.25, -0.2) is 0 Å². The summed E-state index contributed by atoms with van der Waals surface area (Å²) < 4.78 is 5.58. The number of fused-ring (bicyclic) bond motifs is 1. The first-order chi connectivity index (χ1) is 8.59. The van der Waals surface area contributed by atoms with Crippen LogP contribution < -0.4 is 5.43 Å². The van der Waals surface area contributed by atoms with Gasteiger partial charge in [0.1, 0.15) is 11.3 Å². The Bertz CT molecular complexity index is 640. The van der Waals surface area contributed by atoms with Crippen molar-refractivity contribution in [1.29, 1.82) is 0 Å². The molecule has 18 heavy (non-hydrogen) atoms. The number of rotatable bonds is 4. The Balaban J connectivity index is 2.38. The molecular formula is C14H14O4. The zero-order chi connectivity index (χ0) is 13.1. The van der Waals surface area contributed by atoms with Crippen LogP contribution in [0.15, 0.2) is 33.5 Å². The van der Waals surface area contributed by atoms with Crippen molar-refractivity contribution in [3.63, 3.8) is 0 Å². The highest BCUT2D eigenvalue weighted by molar-refractivity contribution is 5.77. The first-order valence-electron chi connectivity index (χ1n) is 5.82. The van der Waals surface area contributed by atoms with Gasteiger partial charge in [0.05, 0.1) is 5.39 Å². The van der Waals surface area contributed by atoms with E-state index in [1.807, 2.05) is 6.07 Å². The van der Waals surface area contributed by atoms with Gasteiger partial charge in [0.2, 0.25) is 0 Å². The monoisotopic (exact) mass is 246 g/mol. The van der Waals surface area contributed by atoms with Gasteiger partial charge in [0, 0.05) is 12.0 Å². The molecule has 2 rings (SSSR count). The molecule has 0 amide bonds. The molecule has 1 aromatic heterocycles. The minimum atomic E-state index is -0.849. The summed E-state index contributed by atoms with van der Waals surface area (Å²) in [4.78, 5) is 22.7. The summed E-state index contributed by atoms with van der Waals surface area (Å²) in [6.45, 7) is 1.74. The summed E-state index contributed by atoms with van der Waals surface area (Å²) in [6.07, 6.45) is 0.941. The van der Waals surface area contributed by atoms with Gasteiger partial charge in [0.25, 0.3) is 0 Å². The van der Waals surface area contributed by atoms with E-state index < -0.39 is 5.97 Å². The SMILES string of the molecule is Cc1oc2ccccc2c(=O)c1CCCC(=O)O. The van der Waals surface area contributed by atoms with Crippen LogP contribution in [0, 0.1) is 6.92 Å². The average molecular weight is 246 g/mol. The van der Waals surface area contributed by atoms with Gasteiger partial charge in [-0.2, -0.15) is 0 Å². The molecule has 0 spiro atoms. The Labute approximate surface area is 104 Å². The van der Waals surface area contributed by atoms with Crippen molar-refractivity contribution in [3.8, 4) is 0 Å². The molecule has 0 bridgehead atoms. The molecule has 0 atom stereocenters. The first kappa shape index (κ1) is 12.4. The Morgan fingerprint density at radius 1 is 1.33 bits per heavy atom. The second-order valence-corrected chi connectivity index (χ2v) is 4.21. The van der Waals surface area contributed by atoms with Gasteiger partial charge in [0.15, 0.2) is 5.43 Å². The minimum absolute atomic E-state index is 0.0558. The van der Waals surface area contributed by atoms with Crippen molar-refractivity contribution in [2.75, 3.05) is 0 Å². The topological polar surface area (TPSA) is 67.5 Å². The fraction of sp³-hybridized carbons (Fsp3) is 0.286. The van der Waals surface area contributed by atoms with E-state index in [0.717, 1.165) is 0 Å². The van der Waals surface area contributed by atoms with Crippen molar-refractivity contribution < 1.29 is 14.3 Å². The maximum Gasteiger partial charge on any atom is 0.303 e. The van der Waals surface area contributed by atoms with Crippen LogP contribution in [0.1, 0.15) is 24.2 Å². The third kappa shape index (κ3) is 2.42. The number of carbonyl (C=O) groups is 1. The molecule has 0 radical (unpaired) electrons. The van der Waals surface area contributed by atoms with Crippen LogP contribution in [0.4, 0.5) is 0 Å². The lowest BCUT2D eigenvalue weighted by Gasteiger charge is -2.05. The molecule has 0 unspecified atom stereocenters. The number of benzene rings is 1. The predicted molar refractivity (Wildman–Crippen MR) is 67.8 cm³/mol. The molecule has 2 aromatic rings. The molecule has 1 heterocycles. The molecule has 4 heteroatoms. The number of aryl methyl sites for hydroxylation is 1. The van der Waals surface area contributed by atoms with Gasteiger partial charge in [-0.15, -0.1) is 0 Å². The number of hydrogen-bond donors (Lipinski definition) is 1. The fourth-order valence-corrected chi connectivity index (χ4v) is 2.00. The zero-order valence-electron chi connectivity index (χ0n) is 10.1. The largest absolute Gasteiger partial charge is 0.481 e. The number of para-hydroxylation sites is 1. The average Bonchev–Trinajstić information content (AvgIpc) is 2.33. The highest BCUT2D eigenvalue weighted by Crippen LogP contribution is 2.16. The Morgan fingerprint density at radius 2 is 2.06 bits per heavy atom. The molecule has 1 N–H and O–H groups in total.